The first-order chi connectivity index (χ1) is 4.81. The second-order valence-corrected chi connectivity index (χ2v) is 4.25. The lowest BCUT2D eigenvalue weighted by atomic mass is 10.4. The molecule has 0 saturated heterocycles. The number of rotatable bonds is 6. The minimum atomic E-state index is -0.520. The highest BCUT2D eigenvalue weighted by molar-refractivity contribution is 7.91. The summed E-state index contributed by atoms with van der Waals surface area (Å²) in [6.07, 6.45) is 4.57. The third kappa shape index (κ3) is 6.43. The van der Waals surface area contributed by atoms with Crippen LogP contribution in [0.2, 0.25) is 0 Å². The molecule has 0 aliphatic heterocycles. The summed E-state index contributed by atoms with van der Waals surface area (Å²) in [5.41, 5.74) is 0. The molecule has 0 aliphatic rings. The molecule has 0 aromatic carbocycles. The molecule has 0 saturated carbocycles. The van der Waals surface area contributed by atoms with Gasteiger partial charge in [0.15, 0.2) is 0 Å². The first-order valence-corrected chi connectivity index (χ1v) is 5.65. The second kappa shape index (κ2) is 7.42. The summed E-state index contributed by atoms with van der Waals surface area (Å²) in [6.45, 7) is 4.27. The molecule has 0 aromatic rings. The Labute approximate surface area is 67.4 Å². The van der Waals surface area contributed by atoms with Gasteiger partial charge in [-0.1, -0.05) is 37.9 Å². The molecule has 0 heterocycles. The van der Waals surface area contributed by atoms with Crippen molar-refractivity contribution in [2.24, 2.45) is 0 Å². The first-order valence-electron chi connectivity index (χ1n) is 4.16. The molecule has 0 fully saturated rings. The Balaban J connectivity index is 3.00. The van der Waals surface area contributed by atoms with Crippen LogP contribution >= 0.6 is 0 Å². The highest BCUT2D eigenvalue weighted by atomic mass is 32.2. The van der Waals surface area contributed by atoms with E-state index in [1.54, 1.807) is 0 Å². The SMILES string of the molecule is CCCC[S+]([O-])CCCC. The van der Waals surface area contributed by atoms with Crippen LogP contribution in [0, 0.1) is 0 Å². The van der Waals surface area contributed by atoms with Crippen LogP contribution in [0.15, 0.2) is 0 Å². The van der Waals surface area contributed by atoms with E-state index in [0.29, 0.717) is 0 Å². The summed E-state index contributed by atoms with van der Waals surface area (Å²) in [5, 5.41) is 0. The fourth-order valence-electron chi connectivity index (χ4n) is 0.713. The lowest BCUT2D eigenvalue weighted by molar-refractivity contribution is 0.588. The summed E-state index contributed by atoms with van der Waals surface area (Å²) in [7, 11) is 0. The molecule has 0 amide bonds. The molecular formula is C8H18OS. The maximum Gasteiger partial charge on any atom is 0.105 e. The van der Waals surface area contributed by atoms with Gasteiger partial charge in [-0.2, -0.15) is 0 Å². The van der Waals surface area contributed by atoms with Gasteiger partial charge in [-0.15, -0.1) is 0 Å². The van der Waals surface area contributed by atoms with E-state index in [2.05, 4.69) is 13.8 Å². The molecular weight excluding hydrogens is 144 g/mol. The van der Waals surface area contributed by atoms with Crippen molar-refractivity contribution in [1.82, 2.24) is 0 Å². The molecule has 1 nitrogen and oxygen atoms in total. The molecule has 0 aliphatic carbocycles. The van der Waals surface area contributed by atoms with Crippen LogP contribution in [0.5, 0.6) is 0 Å². The summed E-state index contributed by atoms with van der Waals surface area (Å²) in [5.74, 6) is 1.83. The Morgan fingerprint density at radius 1 is 1.00 bits per heavy atom. The maximum absolute atomic E-state index is 11.1. The lowest BCUT2D eigenvalue weighted by Crippen LogP contribution is -2.10. The van der Waals surface area contributed by atoms with Crippen molar-refractivity contribution in [3.8, 4) is 0 Å². The van der Waals surface area contributed by atoms with E-state index in [-0.39, 0.29) is 0 Å². The van der Waals surface area contributed by atoms with Crippen molar-refractivity contribution in [3.05, 3.63) is 0 Å². The van der Waals surface area contributed by atoms with E-state index >= 15 is 0 Å². The predicted molar refractivity (Wildman–Crippen MR) is 47.7 cm³/mol. The average Bonchev–Trinajstić information content (AvgIpc) is 1.97. The molecule has 0 atom stereocenters. The average molecular weight is 162 g/mol. The standard InChI is InChI=1S/C8H18OS/c1-3-5-7-10(9)8-6-4-2/h3-8H2,1-2H3. The van der Waals surface area contributed by atoms with Gasteiger partial charge in [0.2, 0.25) is 0 Å². The second-order valence-electron chi connectivity index (χ2n) is 2.56. The van der Waals surface area contributed by atoms with E-state index in [9.17, 15) is 4.55 Å². The van der Waals surface area contributed by atoms with Crippen LogP contribution in [0.1, 0.15) is 39.5 Å². The Kier molecular flexibility index (Phi) is 7.65. The molecule has 0 N–H and O–H groups in total. The quantitative estimate of drug-likeness (QED) is 0.550. The van der Waals surface area contributed by atoms with Gasteiger partial charge in [0.05, 0.1) is 0 Å². The Hall–Kier alpha value is 0.310. The number of hydrogen-bond donors (Lipinski definition) is 0. The van der Waals surface area contributed by atoms with Crippen LogP contribution in [0.25, 0.3) is 0 Å². The van der Waals surface area contributed by atoms with Gasteiger partial charge in [-0.05, 0) is 12.8 Å². The highest BCUT2D eigenvalue weighted by Crippen LogP contribution is 2.00. The molecule has 0 aromatic heterocycles. The zero-order valence-corrected chi connectivity index (χ0v) is 7.88. The third-order valence-electron chi connectivity index (χ3n) is 1.45. The Bertz CT molecular complexity index is 58.3. The molecule has 0 radical (unpaired) electrons. The van der Waals surface area contributed by atoms with Crippen molar-refractivity contribution in [1.29, 1.82) is 0 Å². The van der Waals surface area contributed by atoms with Crippen LogP contribution in [-0.2, 0) is 11.2 Å². The van der Waals surface area contributed by atoms with E-state index in [1.807, 2.05) is 0 Å². The minimum absolute atomic E-state index is 0.520. The maximum atomic E-state index is 11.1. The lowest BCUT2D eigenvalue weighted by Gasteiger charge is -2.08. The third-order valence-corrected chi connectivity index (χ3v) is 2.94. The monoisotopic (exact) mass is 162 g/mol. The minimum Gasteiger partial charge on any atom is -0.616 e. The topological polar surface area (TPSA) is 23.1 Å². The highest BCUT2D eigenvalue weighted by Gasteiger charge is 2.02. The molecule has 0 bridgehead atoms. The van der Waals surface area contributed by atoms with Gasteiger partial charge in [0.1, 0.15) is 11.5 Å². The van der Waals surface area contributed by atoms with E-state index in [4.69, 9.17) is 0 Å². The van der Waals surface area contributed by atoms with Gasteiger partial charge < -0.3 is 4.55 Å². The molecule has 0 rings (SSSR count). The summed E-state index contributed by atoms with van der Waals surface area (Å²) < 4.78 is 11.1. The van der Waals surface area contributed by atoms with E-state index in [1.165, 1.54) is 0 Å². The van der Waals surface area contributed by atoms with Gasteiger partial charge >= 0.3 is 0 Å². The van der Waals surface area contributed by atoms with E-state index in [0.717, 1.165) is 37.2 Å². The first kappa shape index (κ1) is 10.3. The number of unbranched alkanes of at least 4 members (excludes halogenated alkanes) is 2. The number of hydrogen-bond acceptors (Lipinski definition) is 1. The molecule has 0 unspecified atom stereocenters. The smallest absolute Gasteiger partial charge is 0.105 e. The van der Waals surface area contributed by atoms with Crippen molar-refractivity contribution in [2.45, 2.75) is 39.5 Å². The zero-order valence-electron chi connectivity index (χ0n) is 7.06. The summed E-state index contributed by atoms with van der Waals surface area (Å²) in [6, 6.07) is 0. The molecule has 10 heavy (non-hydrogen) atoms. The molecule has 62 valence electrons. The fraction of sp³-hybridized carbons (Fsp3) is 1.00. The molecule has 2 heteroatoms. The van der Waals surface area contributed by atoms with Gasteiger partial charge in [0, 0.05) is 0 Å². The van der Waals surface area contributed by atoms with Gasteiger partial charge in [-0.3, -0.25) is 0 Å². The Morgan fingerprint density at radius 3 is 1.70 bits per heavy atom. The molecule has 0 spiro atoms. The van der Waals surface area contributed by atoms with Crippen LogP contribution in [0.4, 0.5) is 0 Å². The van der Waals surface area contributed by atoms with Crippen molar-refractivity contribution in [3.63, 3.8) is 0 Å². The van der Waals surface area contributed by atoms with Crippen LogP contribution in [0.3, 0.4) is 0 Å². The van der Waals surface area contributed by atoms with Crippen molar-refractivity contribution >= 4 is 11.2 Å². The van der Waals surface area contributed by atoms with Crippen molar-refractivity contribution < 1.29 is 4.55 Å². The fourth-order valence-corrected chi connectivity index (χ4v) is 2.14. The predicted octanol–water partition coefficient (Wildman–Crippen LogP) is 2.34. The Morgan fingerprint density at radius 2 is 1.40 bits per heavy atom. The van der Waals surface area contributed by atoms with Crippen LogP contribution in [-0.4, -0.2) is 16.1 Å². The zero-order chi connectivity index (χ0) is 7.82. The largest absolute Gasteiger partial charge is 0.616 e. The van der Waals surface area contributed by atoms with E-state index < -0.39 is 11.2 Å². The van der Waals surface area contributed by atoms with Crippen LogP contribution < -0.4 is 0 Å². The summed E-state index contributed by atoms with van der Waals surface area (Å²) >= 11 is -0.520. The van der Waals surface area contributed by atoms with Crippen molar-refractivity contribution in [2.75, 3.05) is 11.5 Å². The normalized spacial score (nSPS) is 10.8. The van der Waals surface area contributed by atoms with Gasteiger partial charge in [0.25, 0.3) is 0 Å². The summed E-state index contributed by atoms with van der Waals surface area (Å²) in [4.78, 5) is 0. The van der Waals surface area contributed by atoms with Gasteiger partial charge in [-0.25, -0.2) is 0 Å².